The number of carbonyl (C=O) groups is 2. The molecule has 2 amide bonds. The number of aromatic nitrogens is 4. The van der Waals surface area contributed by atoms with E-state index in [9.17, 15) is 9.59 Å². The number of nitrogens with zero attached hydrogens (tertiary/aromatic N) is 5. The Morgan fingerprint density at radius 3 is 2.56 bits per heavy atom. The lowest BCUT2D eigenvalue weighted by molar-refractivity contribution is 0.0884. The zero-order chi connectivity index (χ0) is 29.7. The number of aryl methyl sites for hydroxylation is 3. The van der Waals surface area contributed by atoms with Crippen molar-refractivity contribution in [3.05, 3.63) is 35.2 Å². The van der Waals surface area contributed by atoms with Crippen molar-refractivity contribution in [2.75, 3.05) is 31.5 Å². The summed E-state index contributed by atoms with van der Waals surface area (Å²) in [5.41, 5.74) is 8.97. The van der Waals surface area contributed by atoms with E-state index in [0.29, 0.717) is 47.7 Å². The minimum absolute atomic E-state index is 0.0649. The molecule has 4 rings (SSSR count). The zero-order valence-electron chi connectivity index (χ0n) is 25.2. The standard InChI is InChI=1S/C29H44N6O4SSi/c1-7-11-33-26-23(17-21(27(30)36)18-25(26)40-22-9-12-38-13-10-22)31-29(33)34(19-39-14-15-41(4,5)6)28(37)24-16-20(3)32-35(24)8-2/h16-18,22H,7-15,19H2,1-6H3,(H2,30,36). The number of benzene rings is 1. The number of fused-ring (bicyclic) bond motifs is 1. The molecular weight excluding hydrogens is 557 g/mol. The molecule has 0 spiro atoms. The normalized spacial score (nSPS) is 14.6. The van der Waals surface area contributed by atoms with Gasteiger partial charge in [0, 0.05) is 56.7 Å². The first-order valence-corrected chi connectivity index (χ1v) is 19.1. The second-order valence-corrected chi connectivity index (χ2v) is 18.7. The molecule has 1 fully saturated rings. The summed E-state index contributed by atoms with van der Waals surface area (Å²) in [4.78, 5) is 34.1. The molecule has 12 heteroatoms. The average Bonchev–Trinajstić information content (AvgIpc) is 3.48. The van der Waals surface area contributed by atoms with Gasteiger partial charge in [0.25, 0.3) is 5.91 Å². The largest absolute Gasteiger partial charge is 0.381 e. The lowest BCUT2D eigenvalue weighted by atomic mass is 10.2. The first kappa shape index (κ1) is 31.3. The Balaban J connectivity index is 1.84. The molecule has 0 atom stereocenters. The fourth-order valence-electron chi connectivity index (χ4n) is 4.90. The highest BCUT2D eigenvalue weighted by Crippen LogP contribution is 2.38. The summed E-state index contributed by atoms with van der Waals surface area (Å²) in [7, 11) is -1.33. The van der Waals surface area contributed by atoms with Crippen LogP contribution in [0.15, 0.2) is 23.1 Å². The van der Waals surface area contributed by atoms with Crippen LogP contribution in [0.4, 0.5) is 5.95 Å². The van der Waals surface area contributed by atoms with Crippen molar-refractivity contribution in [2.24, 2.45) is 5.73 Å². The molecule has 3 heterocycles. The van der Waals surface area contributed by atoms with Crippen molar-refractivity contribution in [3.63, 3.8) is 0 Å². The van der Waals surface area contributed by atoms with Crippen molar-refractivity contribution >= 4 is 48.6 Å². The maximum absolute atomic E-state index is 14.2. The number of amides is 2. The van der Waals surface area contributed by atoms with E-state index in [0.717, 1.165) is 54.6 Å². The molecule has 0 saturated carbocycles. The van der Waals surface area contributed by atoms with Gasteiger partial charge in [-0.2, -0.15) is 5.10 Å². The van der Waals surface area contributed by atoms with E-state index < -0.39 is 14.0 Å². The van der Waals surface area contributed by atoms with Gasteiger partial charge in [0.15, 0.2) is 0 Å². The van der Waals surface area contributed by atoms with E-state index in [1.165, 1.54) is 0 Å². The molecule has 2 N–H and O–H groups in total. The van der Waals surface area contributed by atoms with E-state index >= 15 is 0 Å². The SMILES string of the molecule is CCCn1c(N(COCC[Si](C)(C)C)C(=O)c2cc(C)nn2CC)nc2cc(C(N)=O)cc(SC3CCOCC3)c21. The Morgan fingerprint density at radius 1 is 1.20 bits per heavy atom. The van der Waals surface area contributed by atoms with Gasteiger partial charge in [0.05, 0.1) is 16.7 Å². The summed E-state index contributed by atoms with van der Waals surface area (Å²) < 4.78 is 15.5. The van der Waals surface area contributed by atoms with Gasteiger partial charge in [-0.15, -0.1) is 11.8 Å². The average molecular weight is 601 g/mol. The van der Waals surface area contributed by atoms with Crippen molar-refractivity contribution in [3.8, 4) is 0 Å². The molecule has 0 aliphatic carbocycles. The summed E-state index contributed by atoms with van der Waals surface area (Å²) in [5, 5.41) is 4.86. The van der Waals surface area contributed by atoms with E-state index in [1.807, 2.05) is 26.0 Å². The number of imidazole rings is 1. The van der Waals surface area contributed by atoms with Gasteiger partial charge in [-0.3, -0.25) is 19.2 Å². The number of anilines is 1. The lowest BCUT2D eigenvalue weighted by Gasteiger charge is -2.25. The topological polar surface area (TPSA) is 118 Å². The van der Waals surface area contributed by atoms with Crippen LogP contribution >= 0.6 is 11.8 Å². The Kier molecular flexibility index (Phi) is 10.3. The number of rotatable bonds is 13. The highest BCUT2D eigenvalue weighted by atomic mass is 32.2. The van der Waals surface area contributed by atoms with Gasteiger partial charge in [0.2, 0.25) is 11.9 Å². The molecule has 0 unspecified atom stereocenters. The summed E-state index contributed by atoms with van der Waals surface area (Å²) >= 11 is 1.74. The molecule has 2 aromatic heterocycles. The number of hydrogen-bond acceptors (Lipinski definition) is 7. The number of primary amides is 1. The van der Waals surface area contributed by atoms with Gasteiger partial charge in [-0.25, -0.2) is 4.98 Å². The van der Waals surface area contributed by atoms with Crippen LogP contribution in [0.1, 0.15) is 59.7 Å². The first-order chi connectivity index (χ1) is 19.5. The Labute approximate surface area is 247 Å². The van der Waals surface area contributed by atoms with Crippen LogP contribution in [0.2, 0.25) is 25.7 Å². The molecule has 1 aliphatic rings. The fraction of sp³-hybridized carbons (Fsp3) is 0.586. The smallest absolute Gasteiger partial charge is 0.280 e. The second-order valence-electron chi connectivity index (χ2n) is 11.8. The molecule has 10 nitrogen and oxygen atoms in total. The molecular formula is C29H44N6O4SSi. The Hall–Kier alpha value is -2.67. The Morgan fingerprint density at radius 2 is 1.93 bits per heavy atom. The molecule has 3 aromatic rings. The van der Waals surface area contributed by atoms with E-state index in [4.69, 9.17) is 20.2 Å². The zero-order valence-corrected chi connectivity index (χ0v) is 27.1. The Bertz CT molecular complexity index is 1380. The quantitative estimate of drug-likeness (QED) is 0.161. The van der Waals surface area contributed by atoms with Crippen LogP contribution in [0, 0.1) is 6.92 Å². The van der Waals surface area contributed by atoms with Crippen molar-refractivity contribution in [2.45, 2.75) is 89.0 Å². The maximum atomic E-state index is 14.2. The van der Waals surface area contributed by atoms with E-state index in [1.54, 1.807) is 27.4 Å². The molecule has 1 aromatic carbocycles. The predicted octanol–water partition coefficient (Wildman–Crippen LogP) is 5.30. The lowest BCUT2D eigenvalue weighted by Crippen LogP contribution is -2.37. The van der Waals surface area contributed by atoms with E-state index in [-0.39, 0.29) is 12.6 Å². The van der Waals surface area contributed by atoms with Crippen LogP contribution in [0.25, 0.3) is 11.0 Å². The van der Waals surface area contributed by atoms with Crippen LogP contribution in [0.5, 0.6) is 0 Å². The second kappa shape index (κ2) is 13.5. The highest BCUT2D eigenvalue weighted by molar-refractivity contribution is 8.00. The van der Waals surface area contributed by atoms with Crippen LogP contribution in [-0.4, -0.2) is 71.0 Å². The van der Waals surface area contributed by atoms with Crippen LogP contribution in [-0.2, 0) is 22.6 Å². The van der Waals surface area contributed by atoms with Crippen LogP contribution < -0.4 is 10.6 Å². The number of ether oxygens (including phenoxy) is 2. The van der Waals surface area contributed by atoms with Crippen molar-refractivity contribution in [1.29, 1.82) is 0 Å². The number of carbonyl (C=O) groups excluding carboxylic acids is 2. The van der Waals surface area contributed by atoms with Gasteiger partial charge >= 0.3 is 0 Å². The van der Waals surface area contributed by atoms with Gasteiger partial charge in [0.1, 0.15) is 12.4 Å². The first-order valence-electron chi connectivity index (χ1n) is 14.5. The maximum Gasteiger partial charge on any atom is 0.280 e. The minimum atomic E-state index is -1.33. The van der Waals surface area contributed by atoms with Gasteiger partial charge in [-0.1, -0.05) is 26.6 Å². The summed E-state index contributed by atoms with van der Waals surface area (Å²) in [5.74, 6) is -0.226. The summed E-state index contributed by atoms with van der Waals surface area (Å²) in [6.07, 6.45) is 2.69. The third kappa shape index (κ3) is 7.59. The van der Waals surface area contributed by atoms with Gasteiger partial charge in [-0.05, 0) is 57.4 Å². The summed E-state index contributed by atoms with van der Waals surface area (Å²) in [6.45, 7) is 16.1. The molecule has 0 radical (unpaired) electrons. The van der Waals surface area contributed by atoms with Gasteiger partial charge < -0.3 is 19.8 Å². The van der Waals surface area contributed by atoms with E-state index in [2.05, 4.69) is 36.2 Å². The monoisotopic (exact) mass is 600 g/mol. The minimum Gasteiger partial charge on any atom is -0.381 e. The molecule has 0 bridgehead atoms. The van der Waals surface area contributed by atoms with Crippen molar-refractivity contribution < 1.29 is 19.1 Å². The fourth-order valence-corrected chi connectivity index (χ4v) is 6.97. The predicted molar refractivity (Wildman–Crippen MR) is 167 cm³/mol. The number of hydrogen-bond donors (Lipinski definition) is 1. The third-order valence-corrected chi connectivity index (χ3v) is 10.2. The molecule has 41 heavy (non-hydrogen) atoms. The summed E-state index contributed by atoms with van der Waals surface area (Å²) in [6, 6.07) is 6.40. The third-order valence-electron chi connectivity index (χ3n) is 7.10. The molecule has 1 aliphatic heterocycles. The number of thioether (sulfide) groups is 1. The van der Waals surface area contributed by atoms with Crippen molar-refractivity contribution in [1.82, 2.24) is 19.3 Å². The molecule has 1 saturated heterocycles. The number of nitrogens with two attached hydrogens (primary N) is 1. The highest BCUT2D eigenvalue weighted by Gasteiger charge is 2.29. The van der Waals surface area contributed by atoms with Crippen LogP contribution in [0.3, 0.4) is 0 Å². The molecule has 224 valence electrons.